The van der Waals surface area contributed by atoms with Crippen LogP contribution in [0, 0.1) is 0 Å². The summed E-state index contributed by atoms with van der Waals surface area (Å²) in [6.45, 7) is 0. The fourth-order valence-corrected chi connectivity index (χ4v) is 9.47. The Balaban J connectivity index is 0.912. The van der Waals surface area contributed by atoms with Crippen molar-refractivity contribution in [2.75, 3.05) is 0 Å². The summed E-state index contributed by atoms with van der Waals surface area (Å²) >= 11 is 0. The van der Waals surface area contributed by atoms with Crippen LogP contribution in [0.2, 0.25) is 0 Å². The first-order chi connectivity index (χ1) is 28.7. The molecule has 0 spiro atoms. The molecule has 0 atom stereocenters. The second kappa shape index (κ2) is 11.8. The monoisotopic (exact) mass is 740 g/mol. The van der Waals surface area contributed by atoms with Crippen molar-refractivity contribution < 1.29 is 8.83 Å². The molecule has 0 N–H and O–H groups in total. The fraction of sp³-hybridized carbons (Fsp3) is 0. The Morgan fingerprint density at radius 1 is 0.276 bits per heavy atom. The minimum atomic E-state index is 0.828. The standard InChI is InChI=1S/C54H32N2O2/c1-2-11-36(12-3-1)55-47-18-7-4-13-39(47)43-29-34(23-27-49(43)55)35-24-28-50-44(30-35)40-14-5-8-19-48(40)56(50)37-25-21-33(22-26-37)38-16-10-17-42-46-31-45-41-15-6-9-20-51(41)57-52(45)32-53(46)58-54(38)42/h1-32H. The molecule has 9 aromatic carbocycles. The summed E-state index contributed by atoms with van der Waals surface area (Å²) in [7, 11) is 0. The van der Waals surface area contributed by atoms with E-state index in [-0.39, 0.29) is 0 Å². The Hall–Kier alpha value is -7.82. The van der Waals surface area contributed by atoms with E-state index in [1.165, 1.54) is 60.4 Å². The zero-order valence-electron chi connectivity index (χ0n) is 31.2. The SMILES string of the molecule is c1ccc(-n2c3ccccc3c3cc(-c4ccc5c(c4)c4ccccc4n5-c4ccc(-c5cccc6c5oc5cc7oc8ccccc8c7cc56)cc4)ccc32)cc1. The first kappa shape index (κ1) is 31.4. The summed E-state index contributed by atoms with van der Waals surface area (Å²) in [5.41, 5.74) is 15.1. The molecule has 4 aromatic heterocycles. The molecule has 4 heteroatoms. The molecule has 0 aliphatic heterocycles. The highest BCUT2D eigenvalue weighted by Crippen LogP contribution is 2.42. The molecule has 0 unspecified atom stereocenters. The molecule has 4 heterocycles. The number of hydrogen-bond donors (Lipinski definition) is 0. The lowest BCUT2D eigenvalue weighted by atomic mass is 10.0. The topological polar surface area (TPSA) is 36.1 Å². The summed E-state index contributed by atoms with van der Waals surface area (Å²) in [6.07, 6.45) is 0. The summed E-state index contributed by atoms with van der Waals surface area (Å²) < 4.78 is 17.6. The lowest BCUT2D eigenvalue weighted by molar-refractivity contribution is 0.656. The normalized spacial score (nSPS) is 12.1. The zero-order valence-corrected chi connectivity index (χ0v) is 31.2. The van der Waals surface area contributed by atoms with Gasteiger partial charge in [0.2, 0.25) is 0 Å². The molecule has 13 rings (SSSR count). The lowest BCUT2D eigenvalue weighted by Crippen LogP contribution is -1.94. The number of aromatic nitrogens is 2. The van der Waals surface area contributed by atoms with Gasteiger partial charge in [-0.3, -0.25) is 0 Å². The summed E-state index contributed by atoms with van der Waals surface area (Å²) in [4.78, 5) is 0. The van der Waals surface area contributed by atoms with Crippen molar-refractivity contribution in [2.24, 2.45) is 0 Å². The van der Waals surface area contributed by atoms with Gasteiger partial charge in [-0.15, -0.1) is 0 Å². The molecule has 270 valence electrons. The third-order valence-electron chi connectivity index (χ3n) is 12.1. The van der Waals surface area contributed by atoms with Crippen molar-refractivity contribution in [2.45, 2.75) is 0 Å². The van der Waals surface area contributed by atoms with Gasteiger partial charge in [0.05, 0.1) is 22.1 Å². The Bertz CT molecular complexity index is 3780. The van der Waals surface area contributed by atoms with Gasteiger partial charge in [-0.1, -0.05) is 115 Å². The van der Waals surface area contributed by atoms with Crippen molar-refractivity contribution in [3.05, 3.63) is 194 Å². The fourth-order valence-electron chi connectivity index (χ4n) is 9.47. The Morgan fingerprint density at radius 2 is 0.793 bits per heavy atom. The van der Waals surface area contributed by atoms with Gasteiger partial charge in [0.25, 0.3) is 0 Å². The summed E-state index contributed by atoms with van der Waals surface area (Å²) in [6, 6.07) is 69.7. The Kier molecular flexibility index (Phi) is 6.41. The molecule has 0 amide bonds. The minimum Gasteiger partial charge on any atom is -0.456 e. The smallest absolute Gasteiger partial charge is 0.143 e. The molecule has 4 nitrogen and oxygen atoms in total. The molecule has 58 heavy (non-hydrogen) atoms. The second-order valence-corrected chi connectivity index (χ2v) is 15.3. The van der Waals surface area contributed by atoms with Crippen molar-refractivity contribution in [3.63, 3.8) is 0 Å². The largest absolute Gasteiger partial charge is 0.456 e. The number of fused-ring (bicyclic) bond motifs is 12. The molecule has 0 saturated heterocycles. The van der Waals surface area contributed by atoms with E-state index in [0.717, 1.165) is 60.7 Å². The second-order valence-electron chi connectivity index (χ2n) is 15.3. The highest BCUT2D eigenvalue weighted by atomic mass is 16.3. The Labute approximate surface area is 332 Å². The number of nitrogens with zero attached hydrogens (tertiary/aromatic N) is 2. The van der Waals surface area contributed by atoms with Crippen LogP contribution < -0.4 is 0 Å². The van der Waals surface area contributed by atoms with Crippen molar-refractivity contribution in [1.82, 2.24) is 9.13 Å². The number of benzene rings is 9. The predicted octanol–water partition coefficient (Wildman–Crippen LogP) is 15.0. The van der Waals surface area contributed by atoms with Crippen LogP contribution in [0.4, 0.5) is 0 Å². The van der Waals surface area contributed by atoms with Crippen molar-refractivity contribution in [3.8, 4) is 33.6 Å². The van der Waals surface area contributed by atoms with E-state index < -0.39 is 0 Å². The average molecular weight is 741 g/mol. The summed E-state index contributed by atoms with van der Waals surface area (Å²) in [5.74, 6) is 0. The van der Waals surface area contributed by atoms with Crippen LogP contribution in [0.1, 0.15) is 0 Å². The van der Waals surface area contributed by atoms with E-state index in [4.69, 9.17) is 8.83 Å². The van der Waals surface area contributed by atoms with Gasteiger partial charge in [-0.05, 0) is 89.5 Å². The molecule has 13 aromatic rings. The Morgan fingerprint density at radius 3 is 1.48 bits per heavy atom. The molecule has 0 bridgehead atoms. The van der Waals surface area contributed by atoms with Crippen LogP contribution >= 0.6 is 0 Å². The zero-order chi connectivity index (χ0) is 37.9. The molecule has 0 aliphatic carbocycles. The minimum absolute atomic E-state index is 0.828. The molecule has 0 radical (unpaired) electrons. The van der Waals surface area contributed by atoms with Crippen LogP contribution in [0.15, 0.2) is 203 Å². The van der Waals surface area contributed by atoms with Crippen LogP contribution in [-0.2, 0) is 0 Å². The summed E-state index contributed by atoms with van der Waals surface area (Å²) in [5, 5.41) is 9.38. The average Bonchev–Trinajstić information content (AvgIpc) is 4.03. The maximum atomic E-state index is 6.61. The number of para-hydroxylation sites is 5. The molecular formula is C54H32N2O2. The van der Waals surface area contributed by atoms with Crippen LogP contribution in [0.3, 0.4) is 0 Å². The predicted molar refractivity (Wildman–Crippen MR) is 241 cm³/mol. The number of furan rings is 2. The van der Waals surface area contributed by atoms with Crippen LogP contribution in [-0.4, -0.2) is 9.13 Å². The van der Waals surface area contributed by atoms with Gasteiger partial charge in [0.15, 0.2) is 0 Å². The van der Waals surface area contributed by atoms with E-state index in [0.29, 0.717) is 0 Å². The van der Waals surface area contributed by atoms with Gasteiger partial charge < -0.3 is 18.0 Å². The molecule has 0 saturated carbocycles. The number of rotatable bonds is 4. The first-order valence-corrected chi connectivity index (χ1v) is 19.7. The highest BCUT2D eigenvalue weighted by Gasteiger charge is 2.18. The van der Waals surface area contributed by atoms with Crippen LogP contribution in [0.5, 0.6) is 0 Å². The first-order valence-electron chi connectivity index (χ1n) is 19.7. The quantitative estimate of drug-likeness (QED) is 0.180. The van der Waals surface area contributed by atoms with E-state index in [1.54, 1.807) is 0 Å². The van der Waals surface area contributed by atoms with E-state index >= 15 is 0 Å². The van der Waals surface area contributed by atoms with Gasteiger partial charge in [-0.25, -0.2) is 0 Å². The van der Waals surface area contributed by atoms with Gasteiger partial charge in [-0.2, -0.15) is 0 Å². The number of hydrogen-bond acceptors (Lipinski definition) is 2. The van der Waals surface area contributed by atoms with E-state index in [9.17, 15) is 0 Å². The van der Waals surface area contributed by atoms with E-state index in [2.05, 4.69) is 185 Å². The van der Waals surface area contributed by atoms with Crippen molar-refractivity contribution >= 4 is 87.5 Å². The maximum absolute atomic E-state index is 6.61. The van der Waals surface area contributed by atoms with Gasteiger partial charge >= 0.3 is 0 Å². The third kappa shape index (κ3) is 4.45. The molecular weight excluding hydrogens is 709 g/mol. The lowest BCUT2D eigenvalue weighted by Gasteiger charge is -2.10. The molecule has 0 aliphatic rings. The van der Waals surface area contributed by atoms with Gasteiger partial charge in [0.1, 0.15) is 22.3 Å². The third-order valence-corrected chi connectivity index (χ3v) is 12.1. The van der Waals surface area contributed by atoms with Gasteiger partial charge in [0, 0.05) is 66.1 Å². The van der Waals surface area contributed by atoms with Crippen molar-refractivity contribution in [1.29, 1.82) is 0 Å². The van der Waals surface area contributed by atoms with Crippen LogP contribution in [0.25, 0.3) is 121 Å². The maximum Gasteiger partial charge on any atom is 0.143 e. The molecule has 0 fully saturated rings. The highest BCUT2D eigenvalue weighted by molar-refractivity contribution is 6.17. The van der Waals surface area contributed by atoms with E-state index in [1.807, 2.05) is 18.2 Å².